The van der Waals surface area contributed by atoms with Gasteiger partial charge in [0.25, 0.3) is 5.19 Å². The fourth-order valence-corrected chi connectivity index (χ4v) is 5.61. The van der Waals surface area contributed by atoms with Crippen molar-refractivity contribution in [2.45, 2.75) is 13.0 Å². The van der Waals surface area contributed by atoms with Crippen molar-refractivity contribution >= 4 is 45.2 Å². The highest BCUT2D eigenvalue weighted by Gasteiger charge is 2.30. The van der Waals surface area contributed by atoms with Gasteiger partial charge >= 0.3 is 0 Å². The summed E-state index contributed by atoms with van der Waals surface area (Å²) in [6.45, 7) is 6.86. The molecule has 4 heterocycles. The normalized spacial score (nSPS) is 12.6. The minimum absolute atomic E-state index is 0.00384. The molecule has 0 radical (unpaired) electrons. The molecule has 1 aliphatic rings. The summed E-state index contributed by atoms with van der Waals surface area (Å²) in [5.41, 5.74) is 3.45. The summed E-state index contributed by atoms with van der Waals surface area (Å²) in [5, 5.41) is 19.2. The third-order valence-electron chi connectivity index (χ3n) is 7.25. The number of thiazole rings is 1. The fraction of sp³-hybridized carbons (Fsp3) is 0.182. The summed E-state index contributed by atoms with van der Waals surface area (Å²) in [6, 6.07) is 13.7. The second-order valence-electron chi connectivity index (χ2n) is 10.2. The second-order valence-corrected chi connectivity index (χ2v) is 11.0. The van der Waals surface area contributed by atoms with E-state index in [1.54, 1.807) is 36.4 Å². The Balaban J connectivity index is 1.24. The third kappa shape index (κ3) is 6.24. The van der Waals surface area contributed by atoms with Gasteiger partial charge in [0.2, 0.25) is 11.8 Å². The molecule has 11 nitrogen and oxygen atoms in total. The molecule has 1 saturated heterocycles. The van der Waals surface area contributed by atoms with E-state index in [4.69, 9.17) is 14.2 Å². The predicted molar refractivity (Wildman–Crippen MR) is 173 cm³/mol. The van der Waals surface area contributed by atoms with Crippen molar-refractivity contribution in [3.63, 3.8) is 0 Å². The van der Waals surface area contributed by atoms with Crippen LogP contribution in [-0.2, 0) is 4.79 Å². The molecule has 13 heteroatoms. The first-order valence-electron chi connectivity index (χ1n) is 14.3. The first-order chi connectivity index (χ1) is 22.4. The Hall–Kier alpha value is -5.74. The number of hydrogen-bond acceptors (Lipinski definition) is 11. The summed E-state index contributed by atoms with van der Waals surface area (Å²) in [6.07, 6.45) is 4.38. The van der Waals surface area contributed by atoms with Gasteiger partial charge in [-0.05, 0) is 37.3 Å². The van der Waals surface area contributed by atoms with Crippen LogP contribution in [0.1, 0.15) is 12.5 Å². The lowest BCUT2D eigenvalue weighted by Crippen LogP contribution is -2.56. The van der Waals surface area contributed by atoms with Crippen LogP contribution in [-0.4, -0.2) is 58.6 Å². The fourth-order valence-electron chi connectivity index (χ4n) is 4.91. The number of hydrogen-bond donors (Lipinski definition) is 2. The number of carbonyl (C=O) groups is 1. The standard InChI is InChI=1S/C33H28FN7O4S/c1-4-31(42)41-16-21(17-41)38-27-11-23-26(12-29(27)44-5-2)36-15-20(13-35)32(23)39-25-8-7-22(10-24(25)34)45-33-40-28(18-46-33)19-6-9-30(43-3)37-14-19/h4,6-12,14-15,18,21,38H,1,5,16-17H2,2-3H3,(H,36,39). The van der Waals surface area contributed by atoms with Gasteiger partial charge in [-0.2, -0.15) is 5.26 Å². The molecule has 232 valence electrons. The lowest BCUT2D eigenvalue weighted by atomic mass is 10.1. The van der Waals surface area contributed by atoms with Crippen molar-refractivity contribution in [2.75, 3.05) is 37.4 Å². The minimum Gasteiger partial charge on any atom is -0.492 e. The number of anilines is 3. The zero-order valence-electron chi connectivity index (χ0n) is 24.9. The molecule has 0 unspecified atom stereocenters. The Morgan fingerprint density at radius 2 is 2.04 bits per heavy atom. The van der Waals surface area contributed by atoms with E-state index in [1.807, 2.05) is 24.4 Å². The van der Waals surface area contributed by atoms with E-state index in [2.05, 4.69) is 38.2 Å². The molecule has 3 aromatic heterocycles. The van der Waals surface area contributed by atoms with Gasteiger partial charge in [0, 0.05) is 60.0 Å². The zero-order chi connectivity index (χ0) is 32.2. The maximum Gasteiger partial charge on any atom is 0.279 e. The van der Waals surface area contributed by atoms with E-state index in [0.29, 0.717) is 64.5 Å². The summed E-state index contributed by atoms with van der Waals surface area (Å²) >= 11 is 1.27. The topological polar surface area (TPSA) is 135 Å². The molecular weight excluding hydrogens is 609 g/mol. The van der Waals surface area contributed by atoms with Crippen LogP contribution in [0.2, 0.25) is 0 Å². The average molecular weight is 638 g/mol. The van der Waals surface area contributed by atoms with Gasteiger partial charge in [0.1, 0.15) is 23.4 Å². The van der Waals surface area contributed by atoms with Gasteiger partial charge in [-0.25, -0.2) is 14.4 Å². The van der Waals surface area contributed by atoms with Crippen molar-refractivity contribution in [2.24, 2.45) is 0 Å². The number of carbonyl (C=O) groups excluding carboxylic acids is 1. The van der Waals surface area contributed by atoms with Crippen LogP contribution < -0.4 is 24.8 Å². The molecule has 0 saturated carbocycles. The molecule has 1 aliphatic heterocycles. The molecule has 2 aromatic carbocycles. The highest BCUT2D eigenvalue weighted by atomic mass is 32.1. The number of nitrogens with zero attached hydrogens (tertiary/aromatic N) is 5. The Bertz CT molecular complexity index is 1970. The van der Waals surface area contributed by atoms with Gasteiger partial charge in [0.05, 0.1) is 53.6 Å². The maximum atomic E-state index is 15.5. The van der Waals surface area contributed by atoms with Crippen molar-refractivity contribution in [3.05, 3.63) is 84.3 Å². The molecule has 0 bridgehead atoms. The molecule has 6 rings (SSSR count). The van der Waals surface area contributed by atoms with Crippen molar-refractivity contribution in [1.29, 1.82) is 5.26 Å². The van der Waals surface area contributed by atoms with Crippen LogP contribution in [0.25, 0.3) is 22.2 Å². The van der Waals surface area contributed by atoms with Crippen LogP contribution in [0.3, 0.4) is 0 Å². The first-order valence-corrected chi connectivity index (χ1v) is 15.1. The first kappa shape index (κ1) is 30.3. The molecule has 0 spiro atoms. The summed E-state index contributed by atoms with van der Waals surface area (Å²) in [7, 11) is 1.55. The van der Waals surface area contributed by atoms with Gasteiger partial charge in [-0.3, -0.25) is 9.78 Å². The van der Waals surface area contributed by atoms with Gasteiger partial charge in [-0.15, -0.1) is 0 Å². The second kappa shape index (κ2) is 13.1. The van der Waals surface area contributed by atoms with Crippen LogP contribution in [0.5, 0.6) is 22.6 Å². The van der Waals surface area contributed by atoms with Crippen molar-refractivity contribution in [3.8, 4) is 39.9 Å². The Morgan fingerprint density at radius 3 is 2.74 bits per heavy atom. The highest BCUT2D eigenvalue weighted by molar-refractivity contribution is 7.11. The number of nitrogens with one attached hydrogen (secondary N) is 2. The molecule has 46 heavy (non-hydrogen) atoms. The largest absolute Gasteiger partial charge is 0.492 e. The number of fused-ring (bicyclic) bond motifs is 1. The number of halogens is 1. The Kier molecular flexibility index (Phi) is 8.62. The lowest BCUT2D eigenvalue weighted by Gasteiger charge is -2.39. The Labute approximate surface area is 267 Å². The van der Waals surface area contributed by atoms with E-state index in [1.165, 1.54) is 35.7 Å². The van der Waals surface area contributed by atoms with Gasteiger partial charge in [0.15, 0.2) is 0 Å². The van der Waals surface area contributed by atoms with E-state index in [0.717, 1.165) is 5.56 Å². The van der Waals surface area contributed by atoms with Crippen molar-refractivity contribution < 1.29 is 23.4 Å². The van der Waals surface area contributed by atoms with Gasteiger partial charge in [-0.1, -0.05) is 17.9 Å². The van der Waals surface area contributed by atoms with Crippen molar-refractivity contribution in [1.82, 2.24) is 19.9 Å². The molecular formula is C33H28FN7O4S. The summed E-state index contributed by atoms with van der Waals surface area (Å²) in [4.78, 5) is 26.7. The smallest absolute Gasteiger partial charge is 0.279 e. The molecule has 1 fully saturated rings. The van der Waals surface area contributed by atoms with Crippen LogP contribution in [0, 0.1) is 17.1 Å². The molecule has 2 N–H and O–H groups in total. The molecule has 0 aliphatic carbocycles. The summed E-state index contributed by atoms with van der Waals surface area (Å²) < 4.78 is 32.3. The quantitative estimate of drug-likeness (QED) is 0.154. The number of amides is 1. The van der Waals surface area contributed by atoms with E-state index >= 15 is 4.39 Å². The van der Waals surface area contributed by atoms with E-state index in [9.17, 15) is 10.1 Å². The SMILES string of the molecule is C=CC(=O)N1CC(Nc2cc3c(Nc4ccc(Oc5nc(-c6ccc(OC)nc6)cs5)cc4F)c(C#N)cnc3cc2OCC)C1. The number of benzene rings is 2. The lowest BCUT2D eigenvalue weighted by molar-refractivity contribution is -0.129. The number of rotatable bonds is 11. The average Bonchev–Trinajstić information content (AvgIpc) is 3.52. The number of aromatic nitrogens is 3. The number of pyridine rings is 2. The van der Waals surface area contributed by atoms with E-state index < -0.39 is 5.82 Å². The zero-order valence-corrected chi connectivity index (χ0v) is 25.7. The number of likely N-dealkylation sites (tertiary alicyclic amines) is 1. The molecule has 0 atom stereocenters. The minimum atomic E-state index is -0.590. The number of methoxy groups -OCH3 is 1. The summed E-state index contributed by atoms with van der Waals surface area (Å²) in [5.74, 6) is 0.615. The molecule has 1 amide bonds. The molecule has 5 aromatic rings. The van der Waals surface area contributed by atoms with Gasteiger partial charge < -0.3 is 29.7 Å². The number of ether oxygens (including phenoxy) is 3. The third-order valence-corrected chi connectivity index (χ3v) is 7.96. The predicted octanol–water partition coefficient (Wildman–Crippen LogP) is 6.52. The highest BCUT2D eigenvalue weighted by Crippen LogP contribution is 2.38. The van der Waals surface area contributed by atoms with Crippen LogP contribution in [0.4, 0.5) is 21.5 Å². The van der Waals surface area contributed by atoms with E-state index in [-0.39, 0.29) is 28.9 Å². The monoisotopic (exact) mass is 637 g/mol. The maximum absolute atomic E-state index is 15.5. The Morgan fingerprint density at radius 1 is 1.20 bits per heavy atom. The van der Waals surface area contributed by atoms with Crippen LogP contribution >= 0.6 is 11.3 Å². The number of nitriles is 1. The van der Waals surface area contributed by atoms with Crippen LogP contribution in [0.15, 0.2) is 72.9 Å².